The van der Waals surface area contributed by atoms with Crippen molar-refractivity contribution in [3.8, 4) is 0 Å². The summed E-state index contributed by atoms with van der Waals surface area (Å²) in [5.74, 6) is -0.117. The molecule has 0 aliphatic heterocycles. The molecule has 2 aliphatic rings. The van der Waals surface area contributed by atoms with Crippen molar-refractivity contribution in [1.82, 2.24) is 0 Å². The van der Waals surface area contributed by atoms with Gasteiger partial charge in [-0.1, -0.05) is 103 Å². The normalized spacial score (nSPS) is 30.8. The van der Waals surface area contributed by atoms with Crippen molar-refractivity contribution in [3.05, 3.63) is 83.4 Å². The van der Waals surface area contributed by atoms with E-state index in [-0.39, 0.29) is 9.84 Å². The van der Waals surface area contributed by atoms with Gasteiger partial charge >= 0.3 is 0 Å². The Hall–Kier alpha value is -1.74. The smallest absolute Gasteiger partial charge is 0.293 e. The zero-order valence-electron chi connectivity index (χ0n) is 19.5. The third-order valence-electron chi connectivity index (χ3n) is 6.90. The molecule has 1 fully saturated rings. The molecular weight excluding hydrogens is 543 g/mol. The molecule has 0 heterocycles. The number of hydrogen-bond donors (Lipinski definition) is 1. The van der Waals surface area contributed by atoms with E-state index in [4.69, 9.17) is 14.2 Å². The van der Waals surface area contributed by atoms with Crippen LogP contribution in [0.2, 0.25) is 0 Å². The quantitative estimate of drug-likeness (QED) is 0.178. The van der Waals surface area contributed by atoms with Crippen molar-refractivity contribution in [2.24, 2.45) is 5.92 Å². The van der Waals surface area contributed by atoms with Crippen molar-refractivity contribution in [2.75, 3.05) is 0 Å². The lowest BCUT2D eigenvalue weighted by molar-refractivity contribution is -0.225. The zero-order chi connectivity index (χ0) is 24.0. The molecule has 1 N–H and O–H groups in total. The van der Waals surface area contributed by atoms with Gasteiger partial charge in [-0.05, 0) is 36.0 Å². The number of carbonyl (C=O) groups is 1. The van der Waals surface area contributed by atoms with Crippen molar-refractivity contribution < 1.29 is 24.1 Å². The average Bonchev–Trinajstić information content (AvgIpc) is 2.86. The summed E-state index contributed by atoms with van der Waals surface area (Å²) in [4.78, 5) is 11.6. The van der Waals surface area contributed by atoms with Gasteiger partial charge in [0.15, 0.2) is 0 Å². The Morgan fingerprint density at radius 3 is 2.21 bits per heavy atom. The van der Waals surface area contributed by atoms with E-state index in [1.165, 1.54) is 0 Å². The molecule has 1 saturated carbocycles. The topological polar surface area (TPSA) is 65.0 Å². The third-order valence-corrected chi connectivity index (χ3v) is 8.30. The van der Waals surface area contributed by atoms with Gasteiger partial charge in [0.2, 0.25) is 0 Å². The maximum atomic E-state index is 12.3. The molecule has 2 aromatic carbocycles. The number of alkyl halides is 1. The SMILES string of the molecule is CCC[C@]1(O)C2=CCCC(I)[C@H]2[C@@H](OC=O)[C@H](OCc2ccccc2)[C@H]1OCc1ccccc1. The van der Waals surface area contributed by atoms with E-state index in [0.717, 1.165) is 36.0 Å². The second-order valence-corrected chi connectivity index (χ2v) is 10.7. The van der Waals surface area contributed by atoms with Gasteiger partial charge in [0.25, 0.3) is 6.47 Å². The fraction of sp³-hybridized carbons (Fsp3) is 0.464. The first-order valence-electron chi connectivity index (χ1n) is 12.1. The minimum atomic E-state index is -1.19. The van der Waals surface area contributed by atoms with E-state index >= 15 is 0 Å². The molecule has 6 atom stereocenters. The molecule has 182 valence electrons. The first-order chi connectivity index (χ1) is 16.6. The maximum Gasteiger partial charge on any atom is 0.293 e. The first-order valence-corrected chi connectivity index (χ1v) is 13.3. The summed E-state index contributed by atoms with van der Waals surface area (Å²) in [5.41, 5.74) is 1.78. The number of carbonyl (C=O) groups excluding carboxylic acids is 1. The predicted molar refractivity (Wildman–Crippen MR) is 139 cm³/mol. The van der Waals surface area contributed by atoms with Crippen LogP contribution in [0.5, 0.6) is 0 Å². The second-order valence-electron chi connectivity index (χ2n) is 9.13. The van der Waals surface area contributed by atoms with E-state index in [1.54, 1.807) is 0 Å². The molecule has 0 aromatic heterocycles. The highest BCUT2D eigenvalue weighted by molar-refractivity contribution is 14.1. The molecule has 4 rings (SSSR count). The Kier molecular flexibility index (Phi) is 8.80. The minimum absolute atomic E-state index is 0.117. The van der Waals surface area contributed by atoms with Crippen molar-refractivity contribution >= 4 is 29.1 Å². The second kappa shape index (κ2) is 11.8. The summed E-state index contributed by atoms with van der Waals surface area (Å²) in [6.07, 6.45) is 3.53. The molecule has 5 nitrogen and oxygen atoms in total. The summed E-state index contributed by atoms with van der Waals surface area (Å²) < 4.78 is 18.9. The number of benzene rings is 2. The lowest BCUT2D eigenvalue weighted by Gasteiger charge is -2.54. The highest BCUT2D eigenvalue weighted by Crippen LogP contribution is 2.50. The van der Waals surface area contributed by atoms with E-state index in [9.17, 15) is 9.90 Å². The number of ether oxygens (including phenoxy) is 3. The van der Waals surface area contributed by atoms with Crippen LogP contribution in [-0.4, -0.2) is 39.4 Å². The molecule has 34 heavy (non-hydrogen) atoms. The molecule has 0 spiro atoms. The van der Waals surface area contributed by atoms with Crippen LogP contribution in [0.1, 0.15) is 43.7 Å². The molecular formula is C28H33IO5. The lowest BCUT2D eigenvalue weighted by atomic mass is 9.63. The number of fused-ring (bicyclic) bond motifs is 1. The van der Waals surface area contributed by atoms with Crippen LogP contribution >= 0.6 is 22.6 Å². The van der Waals surface area contributed by atoms with Crippen LogP contribution < -0.4 is 0 Å². The monoisotopic (exact) mass is 576 g/mol. The molecule has 0 bridgehead atoms. The Bertz CT molecular complexity index is 950. The molecule has 0 radical (unpaired) electrons. The molecule has 0 amide bonds. The number of halogens is 1. The van der Waals surface area contributed by atoms with Crippen molar-refractivity contribution in [3.63, 3.8) is 0 Å². The molecule has 2 aromatic rings. The Morgan fingerprint density at radius 1 is 1.00 bits per heavy atom. The molecule has 2 aliphatic carbocycles. The van der Waals surface area contributed by atoms with Crippen LogP contribution in [0, 0.1) is 5.92 Å². The van der Waals surface area contributed by atoms with Crippen molar-refractivity contribution in [1.29, 1.82) is 0 Å². The van der Waals surface area contributed by atoms with Gasteiger partial charge in [0.1, 0.15) is 23.9 Å². The number of rotatable bonds is 10. The van der Waals surface area contributed by atoms with Crippen molar-refractivity contribution in [2.45, 2.75) is 73.7 Å². The number of hydrogen-bond acceptors (Lipinski definition) is 5. The molecule has 0 saturated heterocycles. The largest absolute Gasteiger partial charge is 0.461 e. The molecule has 1 unspecified atom stereocenters. The van der Waals surface area contributed by atoms with E-state index in [1.807, 2.05) is 60.7 Å². The highest BCUT2D eigenvalue weighted by Gasteiger charge is 2.59. The molecule has 6 heteroatoms. The van der Waals surface area contributed by atoms with E-state index in [2.05, 4.69) is 35.6 Å². The number of allylic oxidation sites excluding steroid dienone is 1. The summed E-state index contributed by atoms with van der Waals surface area (Å²) in [6, 6.07) is 19.8. The van der Waals surface area contributed by atoms with Crippen LogP contribution in [0.25, 0.3) is 0 Å². The maximum absolute atomic E-state index is 12.3. The van der Waals surface area contributed by atoms with E-state index < -0.39 is 23.9 Å². The number of aliphatic hydroxyl groups is 1. The van der Waals surface area contributed by atoms with Crippen LogP contribution in [0.4, 0.5) is 0 Å². The Labute approximate surface area is 215 Å². The lowest BCUT2D eigenvalue weighted by Crippen LogP contribution is -2.66. The standard InChI is InChI=1S/C28H33IO5/c1-2-16-28(31)22-14-9-15-23(29)24(22)25(34-19-30)26(32-17-20-10-5-3-6-11-20)27(28)33-18-21-12-7-4-8-13-21/h3-8,10-14,19,23-27,31H,2,9,15-18H2,1H3/t23?,24-,25+,26-,27+,28-/m0/s1. The van der Waals surface area contributed by atoms with Crippen LogP contribution in [0.15, 0.2) is 72.3 Å². The predicted octanol–water partition coefficient (Wildman–Crippen LogP) is 5.38. The van der Waals surface area contributed by atoms with Crippen LogP contribution in [0.3, 0.4) is 0 Å². The van der Waals surface area contributed by atoms with Gasteiger partial charge < -0.3 is 19.3 Å². The highest BCUT2D eigenvalue weighted by atomic mass is 127. The summed E-state index contributed by atoms with van der Waals surface area (Å²) in [5, 5.41) is 12.3. The fourth-order valence-electron chi connectivity index (χ4n) is 5.41. The van der Waals surface area contributed by atoms with Gasteiger partial charge in [-0.2, -0.15) is 0 Å². The average molecular weight is 576 g/mol. The summed E-state index contributed by atoms with van der Waals surface area (Å²) in [7, 11) is 0. The first kappa shape index (κ1) is 25.4. The van der Waals surface area contributed by atoms with Gasteiger partial charge in [-0.15, -0.1) is 0 Å². The fourth-order valence-corrected chi connectivity index (χ4v) is 6.56. The zero-order valence-corrected chi connectivity index (χ0v) is 21.7. The third kappa shape index (κ3) is 5.40. The summed E-state index contributed by atoms with van der Waals surface area (Å²) in [6.45, 7) is 3.26. The van der Waals surface area contributed by atoms with Crippen LogP contribution in [-0.2, 0) is 32.2 Å². The van der Waals surface area contributed by atoms with Gasteiger partial charge in [-0.25, -0.2) is 0 Å². The Balaban J connectivity index is 1.72. The minimum Gasteiger partial charge on any atom is -0.461 e. The van der Waals surface area contributed by atoms with E-state index in [0.29, 0.717) is 26.1 Å². The Morgan fingerprint density at radius 2 is 1.62 bits per heavy atom. The van der Waals surface area contributed by atoms with Gasteiger partial charge in [-0.3, -0.25) is 4.79 Å². The van der Waals surface area contributed by atoms with Gasteiger partial charge in [0, 0.05) is 9.84 Å². The summed E-state index contributed by atoms with van der Waals surface area (Å²) >= 11 is 2.43. The van der Waals surface area contributed by atoms with Gasteiger partial charge in [0.05, 0.1) is 13.2 Å².